The lowest BCUT2D eigenvalue weighted by Gasteiger charge is -2.01. The average Bonchev–Trinajstić information content (AvgIpc) is 3.08. The maximum Gasteiger partial charge on any atom is 0.0881 e. The summed E-state index contributed by atoms with van der Waals surface area (Å²) in [6, 6.07) is 2.17. The van der Waals surface area contributed by atoms with Gasteiger partial charge in [0.1, 0.15) is 0 Å². The first-order chi connectivity index (χ1) is 8.83. The molecule has 1 fully saturated rings. The first kappa shape index (κ1) is 11.9. The Bertz CT molecular complexity index is 514. The second-order valence-electron chi connectivity index (χ2n) is 4.74. The molecular formula is C13H17N3OS. The van der Waals surface area contributed by atoms with E-state index in [-0.39, 0.29) is 0 Å². The van der Waals surface area contributed by atoms with E-state index in [0.717, 1.165) is 38.3 Å². The van der Waals surface area contributed by atoms with Gasteiger partial charge in [0, 0.05) is 36.6 Å². The third-order valence-corrected chi connectivity index (χ3v) is 4.52. The Morgan fingerprint density at radius 1 is 1.56 bits per heavy atom. The molecule has 1 aliphatic heterocycles. The summed E-state index contributed by atoms with van der Waals surface area (Å²) in [5.74, 6) is 0.447. The minimum absolute atomic E-state index is 0.447. The summed E-state index contributed by atoms with van der Waals surface area (Å²) >= 11 is 1.82. The lowest BCUT2D eigenvalue weighted by Crippen LogP contribution is -2.02. The van der Waals surface area contributed by atoms with Crippen LogP contribution in [0.15, 0.2) is 17.6 Å². The molecule has 0 amide bonds. The van der Waals surface area contributed by atoms with E-state index in [4.69, 9.17) is 4.74 Å². The predicted molar refractivity (Wildman–Crippen MR) is 71.0 cm³/mol. The first-order valence-electron chi connectivity index (χ1n) is 6.33. The standard InChI is InChI=1S/C13H17N3OS/c1-10-4-7-18-13(10)2-5-16-8-12(14-15-16)11-3-6-17-9-11/h4,7-8,11H,2-3,5-6,9H2,1H3/t11-/m0/s1. The van der Waals surface area contributed by atoms with Gasteiger partial charge in [-0.1, -0.05) is 5.21 Å². The molecule has 3 rings (SSSR count). The molecule has 3 heterocycles. The minimum atomic E-state index is 0.447. The highest BCUT2D eigenvalue weighted by atomic mass is 32.1. The molecule has 4 nitrogen and oxygen atoms in total. The Hall–Kier alpha value is -1.20. The van der Waals surface area contributed by atoms with Gasteiger partial charge < -0.3 is 4.74 Å². The quantitative estimate of drug-likeness (QED) is 0.850. The monoisotopic (exact) mass is 263 g/mol. The molecule has 0 N–H and O–H groups in total. The van der Waals surface area contributed by atoms with E-state index in [2.05, 4.69) is 34.9 Å². The van der Waals surface area contributed by atoms with Gasteiger partial charge >= 0.3 is 0 Å². The average molecular weight is 263 g/mol. The normalized spacial score (nSPS) is 19.5. The summed E-state index contributed by atoms with van der Waals surface area (Å²) < 4.78 is 7.33. The van der Waals surface area contributed by atoms with Crippen LogP contribution in [0.1, 0.15) is 28.5 Å². The molecule has 96 valence electrons. The number of ether oxygens (including phenoxy) is 1. The zero-order valence-corrected chi connectivity index (χ0v) is 11.3. The van der Waals surface area contributed by atoms with E-state index in [9.17, 15) is 0 Å². The van der Waals surface area contributed by atoms with Gasteiger partial charge in [-0.25, -0.2) is 0 Å². The van der Waals surface area contributed by atoms with Crippen molar-refractivity contribution in [3.63, 3.8) is 0 Å². The zero-order chi connectivity index (χ0) is 12.4. The Kier molecular flexibility index (Phi) is 3.43. The van der Waals surface area contributed by atoms with Gasteiger partial charge in [-0.05, 0) is 30.4 Å². The van der Waals surface area contributed by atoms with Crippen LogP contribution in [-0.2, 0) is 17.7 Å². The Morgan fingerprint density at radius 2 is 2.50 bits per heavy atom. The summed E-state index contributed by atoms with van der Waals surface area (Å²) in [5, 5.41) is 10.6. The molecule has 0 radical (unpaired) electrons. The summed E-state index contributed by atoms with van der Waals surface area (Å²) in [6.45, 7) is 4.71. The molecule has 5 heteroatoms. The zero-order valence-electron chi connectivity index (χ0n) is 10.5. The van der Waals surface area contributed by atoms with E-state index >= 15 is 0 Å². The van der Waals surface area contributed by atoms with Crippen LogP contribution < -0.4 is 0 Å². The van der Waals surface area contributed by atoms with Crippen LogP contribution in [0.2, 0.25) is 0 Å². The highest BCUT2D eigenvalue weighted by Crippen LogP contribution is 2.23. The van der Waals surface area contributed by atoms with Gasteiger partial charge in [0.15, 0.2) is 0 Å². The highest BCUT2D eigenvalue weighted by molar-refractivity contribution is 7.10. The van der Waals surface area contributed by atoms with Crippen LogP contribution in [0, 0.1) is 6.92 Å². The van der Waals surface area contributed by atoms with E-state index in [0.29, 0.717) is 5.92 Å². The molecule has 0 bridgehead atoms. The maximum absolute atomic E-state index is 5.38. The van der Waals surface area contributed by atoms with Crippen molar-refractivity contribution in [1.29, 1.82) is 0 Å². The number of rotatable bonds is 4. The maximum atomic E-state index is 5.38. The number of aromatic nitrogens is 3. The molecule has 2 aromatic rings. The van der Waals surface area contributed by atoms with Crippen LogP contribution in [0.5, 0.6) is 0 Å². The minimum Gasteiger partial charge on any atom is -0.381 e. The van der Waals surface area contributed by atoms with Crippen LogP contribution in [-0.4, -0.2) is 28.2 Å². The second-order valence-corrected chi connectivity index (χ2v) is 5.74. The van der Waals surface area contributed by atoms with Crippen molar-refractivity contribution in [2.24, 2.45) is 0 Å². The molecule has 2 aromatic heterocycles. The molecule has 0 unspecified atom stereocenters. The number of hydrogen-bond acceptors (Lipinski definition) is 4. The van der Waals surface area contributed by atoms with Gasteiger partial charge in [0.05, 0.1) is 12.3 Å². The third kappa shape index (κ3) is 2.47. The van der Waals surface area contributed by atoms with Crippen LogP contribution in [0.4, 0.5) is 0 Å². The molecule has 1 atom stereocenters. The van der Waals surface area contributed by atoms with Gasteiger partial charge in [0.2, 0.25) is 0 Å². The van der Waals surface area contributed by atoms with Crippen molar-refractivity contribution >= 4 is 11.3 Å². The van der Waals surface area contributed by atoms with Crippen LogP contribution in [0.25, 0.3) is 0 Å². The van der Waals surface area contributed by atoms with Gasteiger partial charge in [0.25, 0.3) is 0 Å². The Labute approximate surface area is 111 Å². The number of nitrogens with zero attached hydrogens (tertiary/aromatic N) is 3. The molecule has 0 aliphatic carbocycles. The van der Waals surface area contributed by atoms with Crippen molar-refractivity contribution in [2.75, 3.05) is 13.2 Å². The lowest BCUT2D eigenvalue weighted by molar-refractivity contribution is 0.193. The van der Waals surface area contributed by atoms with Gasteiger partial charge in [-0.3, -0.25) is 4.68 Å². The second kappa shape index (κ2) is 5.20. The summed E-state index contributed by atoms with van der Waals surface area (Å²) in [4.78, 5) is 1.44. The topological polar surface area (TPSA) is 39.9 Å². The molecule has 18 heavy (non-hydrogen) atoms. The van der Waals surface area contributed by atoms with Crippen molar-refractivity contribution in [2.45, 2.75) is 32.2 Å². The van der Waals surface area contributed by atoms with Crippen molar-refractivity contribution in [1.82, 2.24) is 15.0 Å². The van der Waals surface area contributed by atoms with E-state index < -0.39 is 0 Å². The summed E-state index contributed by atoms with van der Waals surface area (Å²) in [7, 11) is 0. The fourth-order valence-electron chi connectivity index (χ4n) is 2.25. The third-order valence-electron chi connectivity index (χ3n) is 3.44. The highest BCUT2D eigenvalue weighted by Gasteiger charge is 2.20. The van der Waals surface area contributed by atoms with Crippen LogP contribution >= 0.6 is 11.3 Å². The van der Waals surface area contributed by atoms with Gasteiger partial charge in [-0.2, -0.15) is 0 Å². The fourth-order valence-corrected chi connectivity index (χ4v) is 3.15. The predicted octanol–water partition coefficient (Wildman–Crippen LogP) is 2.39. The number of hydrogen-bond donors (Lipinski definition) is 0. The van der Waals surface area contributed by atoms with E-state index in [1.54, 1.807) is 0 Å². The van der Waals surface area contributed by atoms with E-state index in [1.165, 1.54) is 10.4 Å². The van der Waals surface area contributed by atoms with Crippen molar-refractivity contribution in [3.05, 3.63) is 33.8 Å². The molecular weight excluding hydrogens is 246 g/mol. The van der Waals surface area contributed by atoms with Crippen LogP contribution in [0.3, 0.4) is 0 Å². The SMILES string of the molecule is Cc1ccsc1CCn1cc([C@H]2CCOC2)nn1. The summed E-state index contributed by atoms with van der Waals surface area (Å²) in [6.07, 6.45) is 4.18. The van der Waals surface area contributed by atoms with Crippen molar-refractivity contribution < 1.29 is 4.74 Å². The summed E-state index contributed by atoms with van der Waals surface area (Å²) in [5.41, 5.74) is 2.46. The smallest absolute Gasteiger partial charge is 0.0881 e. The largest absolute Gasteiger partial charge is 0.381 e. The lowest BCUT2D eigenvalue weighted by atomic mass is 10.1. The number of thiophene rings is 1. The first-order valence-corrected chi connectivity index (χ1v) is 7.21. The molecule has 0 aromatic carbocycles. The van der Waals surface area contributed by atoms with Gasteiger partial charge in [-0.15, -0.1) is 16.4 Å². The van der Waals surface area contributed by atoms with E-state index in [1.807, 2.05) is 16.0 Å². The molecule has 1 aliphatic rings. The number of aryl methyl sites for hydroxylation is 3. The molecule has 0 saturated carbocycles. The Balaban J connectivity index is 1.61. The fraction of sp³-hybridized carbons (Fsp3) is 0.538. The van der Waals surface area contributed by atoms with Crippen molar-refractivity contribution in [3.8, 4) is 0 Å². The molecule has 1 saturated heterocycles. The Morgan fingerprint density at radius 3 is 3.22 bits per heavy atom. The molecule has 0 spiro atoms.